The average Bonchev–Trinajstić information content (AvgIpc) is 2.77. The largest absolute Gasteiger partial charge is 0.481 e. The van der Waals surface area contributed by atoms with Gasteiger partial charge in [-0.15, -0.1) is 0 Å². The van der Waals surface area contributed by atoms with Gasteiger partial charge in [-0.2, -0.15) is 0 Å². The Bertz CT molecular complexity index is 517. The number of hydrogen-bond donors (Lipinski definition) is 2. The topological polar surface area (TPSA) is 57.5 Å². The number of carboxylic acid groups (broad SMARTS) is 1. The van der Waals surface area contributed by atoms with E-state index >= 15 is 0 Å². The van der Waals surface area contributed by atoms with E-state index in [1.54, 1.807) is 0 Å². The van der Waals surface area contributed by atoms with E-state index in [9.17, 15) is 15.0 Å². The Morgan fingerprint density at radius 1 is 1.04 bits per heavy atom. The summed E-state index contributed by atoms with van der Waals surface area (Å²) in [4.78, 5) is 12.1. The first-order chi connectivity index (χ1) is 10.9. The van der Waals surface area contributed by atoms with Gasteiger partial charge in [0.25, 0.3) is 0 Å². The molecule has 0 aromatic rings. The molecule has 3 unspecified atom stereocenters. The van der Waals surface area contributed by atoms with Crippen molar-refractivity contribution in [1.29, 1.82) is 0 Å². The molecule has 0 aromatic heterocycles. The van der Waals surface area contributed by atoms with Gasteiger partial charge in [-0.05, 0) is 92.8 Å². The molecule has 4 fully saturated rings. The van der Waals surface area contributed by atoms with Crippen molar-refractivity contribution in [3.8, 4) is 0 Å². The molecule has 0 aromatic carbocycles. The van der Waals surface area contributed by atoms with Crippen LogP contribution in [0.3, 0.4) is 0 Å². The maximum atomic E-state index is 12.1. The molecule has 2 bridgehead atoms. The molecule has 3 nitrogen and oxygen atoms in total. The zero-order valence-corrected chi connectivity index (χ0v) is 14.7. The van der Waals surface area contributed by atoms with Gasteiger partial charge in [0.1, 0.15) is 0 Å². The summed E-state index contributed by atoms with van der Waals surface area (Å²) in [6, 6.07) is 0. The predicted molar refractivity (Wildman–Crippen MR) is 88.9 cm³/mol. The minimum absolute atomic E-state index is 0.193. The monoisotopic (exact) mass is 320 g/mol. The van der Waals surface area contributed by atoms with Gasteiger partial charge >= 0.3 is 5.97 Å². The van der Waals surface area contributed by atoms with Crippen LogP contribution in [0.4, 0.5) is 0 Å². The third-order valence-electron chi connectivity index (χ3n) is 9.00. The SMILES string of the molecule is C[C@@]12CCC[C@@](C)(C(=O)O)C1CCC13C[C@@H](CO)[C@@H](CCC12)C3. The number of aliphatic hydroxyl groups is 1. The molecule has 130 valence electrons. The fraction of sp³-hybridized carbons (Fsp3) is 0.950. The number of aliphatic hydroxyl groups excluding tert-OH is 1. The Morgan fingerprint density at radius 2 is 1.83 bits per heavy atom. The van der Waals surface area contributed by atoms with Crippen LogP contribution in [0.1, 0.15) is 71.6 Å². The molecule has 0 heterocycles. The maximum absolute atomic E-state index is 12.1. The first-order valence-corrected chi connectivity index (χ1v) is 9.70. The van der Waals surface area contributed by atoms with Crippen molar-refractivity contribution in [3.05, 3.63) is 0 Å². The number of rotatable bonds is 2. The molecule has 4 aliphatic rings. The lowest BCUT2D eigenvalue weighted by Crippen LogP contribution is -2.58. The van der Waals surface area contributed by atoms with Gasteiger partial charge in [0.05, 0.1) is 5.41 Å². The molecule has 1 spiro atoms. The highest BCUT2D eigenvalue weighted by molar-refractivity contribution is 5.75. The van der Waals surface area contributed by atoms with Crippen molar-refractivity contribution < 1.29 is 15.0 Å². The van der Waals surface area contributed by atoms with Crippen LogP contribution in [0.25, 0.3) is 0 Å². The Balaban J connectivity index is 1.71. The second kappa shape index (κ2) is 4.97. The maximum Gasteiger partial charge on any atom is 0.309 e. The van der Waals surface area contributed by atoms with Crippen LogP contribution < -0.4 is 0 Å². The van der Waals surface area contributed by atoms with Crippen molar-refractivity contribution in [2.24, 2.45) is 39.9 Å². The first kappa shape index (κ1) is 15.9. The predicted octanol–water partition coefficient (Wildman–Crippen LogP) is 4.09. The second-order valence-electron chi connectivity index (χ2n) is 9.78. The number of carboxylic acids is 1. The smallest absolute Gasteiger partial charge is 0.309 e. The van der Waals surface area contributed by atoms with Crippen LogP contribution in [0.5, 0.6) is 0 Å². The van der Waals surface area contributed by atoms with E-state index in [4.69, 9.17) is 0 Å². The Labute approximate surface area is 139 Å². The van der Waals surface area contributed by atoms with Gasteiger partial charge < -0.3 is 10.2 Å². The molecule has 4 rings (SSSR count). The molecule has 0 saturated heterocycles. The van der Waals surface area contributed by atoms with E-state index in [0.29, 0.717) is 29.8 Å². The van der Waals surface area contributed by atoms with Gasteiger partial charge in [-0.25, -0.2) is 0 Å². The molecule has 0 radical (unpaired) electrons. The van der Waals surface area contributed by atoms with E-state index in [-0.39, 0.29) is 5.41 Å². The zero-order chi connectivity index (χ0) is 16.5. The summed E-state index contributed by atoms with van der Waals surface area (Å²) in [5.74, 6) is 1.68. The molecule has 7 atom stereocenters. The number of hydrogen-bond acceptors (Lipinski definition) is 2. The van der Waals surface area contributed by atoms with E-state index in [2.05, 4.69) is 6.92 Å². The molecule has 3 heteroatoms. The fourth-order valence-corrected chi connectivity index (χ4v) is 8.06. The van der Waals surface area contributed by atoms with Crippen LogP contribution in [0, 0.1) is 39.9 Å². The van der Waals surface area contributed by atoms with E-state index in [1.165, 1.54) is 38.5 Å². The summed E-state index contributed by atoms with van der Waals surface area (Å²) < 4.78 is 0. The second-order valence-corrected chi connectivity index (χ2v) is 9.78. The lowest BCUT2D eigenvalue weighted by molar-refractivity contribution is -0.181. The minimum Gasteiger partial charge on any atom is -0.481 e. The molecule has 4 aliphatic carbocycles. The lowest BCUT2D eigenvalue weighted by atomic mass is 9.41. The third-order valence-corrected chi connectivity index (χ3v) is 9.00. The Kier molecular flexibility index (Phi) is 3.44. The minimum atomic E-state index is -0.572. The van der Waals surface area contributed by atoms with Gasteiger partial charge in [-0.3, -0.25) is 4.79 Å². The first-order valence-electron chi connectivity index (χ1n) is 9.70. The highest BCUT2D eigenvalue weighted by atomic mass is 16.4. The average molecular weight is 320 g/mol. The number of aliphatic carboxylic acids is 1. The molecule has 0 aliphatic heterocycles. The van der Waals surface area contributed by atoms with Gasteiger partial charge in [0.2, 0.25) is 0 Å². The molecule has 4 saturated carbocycles. The van der Waals surface area contributed by atoms with Crippen LogP contribution in [0.2, 0.25) is 0 Å². The summed E-state index contributed by atoms with van der Waals surface area (Å²) >= 11 is 0. The highest BCUT2D eigenvalue weighted by Gasteiger charge is 2.65. The van der Waals surface area contributed by atoms with Gasteiger partial charge in [-0.1, -0.05) is 13.3 Å². The molecular formula is C20H32O3. The molecule has 0 amide bonds. The highest BCUT2D eigenvalue weighted by Crippen LogP contribution is 2.72. The van der Waals surface area contributed by atoms with Crippen molar-refractivity contribution >= 4 is 5.97 Å². The van der Waals surface area contributed by atoms with Gasteiger partial charge in [0, 0.05) is 6.61 Å². The van der Waals surface area contributed by atoms with E-state index in [1.807, 2.05) is 6.92 Å². The number of carbonyl (C=O) groups is 1. The normalized spacial score (nSPS) is 55.1. The van der Waals surface area contributed by atoms with Crippen LogP contribution in [0.15, 0.2) is 0 Å². The van der Waals surface area contributed by atoms with Crippen molar-refractivity contribution in [1.82, 2.24) is 0 Å². The molecule has 23 heavy (non-hydrogen) atoms. The summed E-state index contributed by atoms with van der Waals surface area (Å²) in [7, 11) is 0. The van der Waals surface area contributed by atoms with Gasteiger partial charge in [0.15, 0.2) is 0 Å². The molecular weight excluding hydrogens is 288 g/mol. The van der Waals surface area contributed by atoms with Crippen molar-refractivity contribution in [2.75, 3.05) is 6.61 Å². The number of fused-ring (bicyclic) bond motifs is 3. The van der Waals surface area contributed by atoms with Crippen LogP contribution >= 0.6 is 0 Å². The summed E-state index contributed by atoms with van der Waals surface area (Å²) in [5.41, 5.74) is 0.0811. The standard InChI is InChI=1S/C20H32O3/c1-18-7-3-8-19(2,17(22)23)15(18)6-9-20-10-13(4-5-16(18)20)14(11-20)12-21/h13-16,21H,3-12H2,1-2H3,(H,22,23)/t13-,14-,15?,16?,18+,19+,20?/m0/s1. The zero-order valence-electron chi connectivity index (χ0n) is 14.7. The quantitative estimate of drug-likeness (QED) is 0.805. The summed E-state index contributed by atoms with van der Waals surface area (Å²) in [6.07, 6.45) is 10.4. The van der Waals surface area contributed by atoms with Crippen LogP contribution in [-0.2, 0) is 4.79 Å². The van der Waals surface area contributed by atoms with E-state index in [0.717, 1.165) is 25.2 Å². The third kappa shape index (κ3) is 1.95. The van der Waals surface area contributed by atoms with Crippen molar-refractivity contribution in [3.63, 3.8) is 0 Å². The van der Waals surface area contributed by atoms with E-state index < -0.39 is 11.4 Å². The van der Waals surface area contributed by atoms with Crippen molar-refractivity contribution in [2.45, 2.75) is 71.6 Å². The molecule has 2 N–H and O–H groups in total. The summed E-state index contributed by atoms with van der Waals surface area (Å²) in [5, 5.41) is 19.7. The summed E-state index contributed by atoms with van der Waals surface area (Å²) in [6.45, 7) is 4.80. The Morgan fingerprint density at radius 3 is 2.52 bits per heavy atom. The fourth-order valence-electron chi connectivity index (χ4n) is 8.06. The Hall–Kier alpha value is -0.570. The van der Waals surface area contributed by atoms with Crippen LogP contribution in [-0.4, -0.2) is 22.8 Å². The lowest BCUT2D eigenvalue weighted by Gasteiger charge is -2.63.